The molecule has 0 saturated heterocycles. The fraction of sp³-hybridized carbons (Fsp3) is 0.111. The first-order valence-electron chi connectivity index (χ1n) is 19.7. The first-order chi connectivity index (χ1) is 27.3. The van der Waals surface area contributed by atoms with Gasteiger partial charge in [-0.2, -0.15) is 0 Å². The van der Waals surface area contributed by atoms with Crippen molar-refractivity contribution in [2.45, 2.75) is 38.5 Å². The van der Waals surface area contributed by atoms with Crippen LogP contribution >= 0.6 is 0 Å². The number of nitrogens with zero attached hydrogens (tertiary/aromatic N) is 1. The number of anilines is 3. The zero-order valence-corrected chi connectivity index (χ0v) is 32.1. The molecule has 2 heteroatoms. The Bertz CT molecular complexity index is 3020. The molecule has 9 aromatic rings. The lowest BCUT2D eigenvalue weighted by Gasteiger charge is -2.31. The molecule has 2 aliphatic rings. The molecular weight excluding hydrogens is 679 g/mol. The van der Waals surface area contributed by atoms with Gasteiger partial charge in [0.25, 0.3) is 0 Å². The molecule has 0 radical (unpaired) electrons. The Hall–Kier alpha value is -6.64. The summed E-state index contributed by atoms with van der Waals surface area (Å²) in [4.78, 5) is 2.49. The molecule has 8 aromatic carbocycles. The number of para-hydroxylation sites is 2. The molecule has 0 aliphatic heterocycles. The minimum Gasteiger partial charge on any atom is -0.455 e. The summed E-state index contributed by atoms with van der Waals surface area (Å²) in [5.41, 5.74) is 20.3. The van der Waals surface area contributed by atoms with Crippen molar-refractivity contribution in [3.05, 3.63) is 198 Å². The molecule has 1 heterocycles. The fourth-order valence-corrected chi connectivity index (χ4v) is 9.79. The third-order valence-corrected chi connectivity index (χ3v) is 12.7. The highest BCUT2D eigenvalue weighted by Gasteiger charge is 2.38. The van der Waals surface area contributed by atoms with Crippen molar-refractivity contribution >= 4 is 39.0 Å². The van der Waals surface area contributed by atoms with E-state index < -0.39 is 0 Å². The third kappa shape index (κ3) is 4.69. The lowest BCUT2D eigenvalue weighted by atomic mass is 9.81. The number of fused-ring (bicyclic) bond motifs is 9. The monoisotopic (exact) mass is 719 g/mol. The van der Waals surface area contributed by atoms with Crippen molar-refractivity contribution in [1.29, 1.82) is 0 Å². The van der Waals surface area contributed by atoms with E-state index in [4.69, 9.17) is 4.42 Å². The molecule has 2 nitrogen and oxygen atoms in total. The topological polar surface area (TPSA) is 16.4 Å². The highest BCUT2D eigenvalue weighted by molar-refractivity contribution is 6.09. The van der Waals surface area contributed by atoms with Crippen molar-refractivity contribution in [2.75, 3.05) is 4.90 Å². The van der Waals surface area contributed by atoms with E-state index in [-0.39, 0.29) is 10.8 Å². The van der Waals surface area contributed by atoms with E-state index in [2.05, 4.69) is 202 Å². The van der Waals surface area contributed by atoms with Gasteiger partial charge in [-0.1, -0.05) is 161 Å². The number of hydrogen-bond donors (Lipinski definition) is 0. The molecule has 268 valence electrons. The van der Waals surface area contributed by atoms with Gasteiger partial charge in [0.15, 0.2) is 0 Å². The van der Waals surface area contributed by atoms with Crippen molar-refractivity contribution in [1.82, 2.24) is 0 Å². The van der Waals surface area contributed by atoms with Crippen LogP contribution in [0.2, 0.25) is 0 Å². The fourth-order valence-electron chi connectivity index (χ4n) is 9.79. The third-order valence-electron chi connectivity index (χ3n) is 12.7. The molecule has 1 aromatic heterocycles. The van der Waals surface area contributed by atoms with Crippen molar-refractivity contribution in [2.24, 2.45) is 0 Å². The zero-order chi connectivity index (χ0) is 37.8. The smallest absolute Gasteiger partial charge is 0.143 e. The van der Waals surface area contributed by atoms with Gasteiger partial charge in [-0.25, -0.2) is 0 Å². The summed E-state index contributed by atoms with van der Waals surface area (Å²) in [6, 6.07) is 64.6. The lowest BCUT2D eigenvalue weighted by molar-refractivity contribution is 0.660. The lowest BCUT2D eigenvalue weighted by Crippen LogP contribution is -2.18. The van der Waals surface area contributed by atoms with Gasteiger partial charge in [-0.15, -0.1) is 0 Å². The van der Waals surface area contributed by atoms with Gasteiger partial charge >= 0.3 is 0 Å². The van der Waals surface area contributed by atoms with Crippen molar-refractivity contribution in [3.8, 4) is 44.5 Å². The van der Waals surface area contributed by atoms with Crippen LogP contribution in [0.25, 0.3) is 66.4 Å². The average molecular weight is 720 g/mol. The van der Waals surface area contributed by atoms with Crippen LogP contribution in [0.1, 0.15) is 49.9 Å². The van der Waals surface area contributed by atoms with E-state index in [9.17, 15) is 0 Å². The first-order valence-corrected chi connectivity index (χ1v) is 19.7. The molecule has 0 fully saturated rings. The summed E-state index contributed by atoms with van der Waals surface area (Å²) in [6.07, 6.45) is 0. The van der Waals surface area contributed by atoms with Crippen molar-refractivity contribution < 1.29 is 4.42 Å². The zero-order valence-electron chi connectivity index (χ0n) is 32.1. The summed E-state index contributed by atoms with van der Waals surface area (Å²) < 4.78 is 6.49. The van der Waals surface area contributed by atoms with E-state index in [1.54, 1.807) is 0 Å². The second-order valence-corrected chi connectivity index (χ2v) is 16.5. The van der Waals surface area contributed by atoms with Crippen LogP contribution < -0.4 is 4.90 Å². The van der Waals surface area contributed by atoms with Gasteiger partial charge in [0.2, 0.25) is 0 Å². The number of benzene rings is 8. The van der Waals surface area contributed by atoms with Gasteiger partial charge in [-0.3, -0.25) is 0 Å². The molecule has 0 unspecified atom stereocenters. The molecule has 0 saturated carbocycles. The Balaban J connectivity index is 1.14. The van der Waals surface area contributed by atoms with E-state index in [1.807, 2.05) is 6.07 Å². The van der Waals surface area contributed by atoms with Crippen LogP contribution in [-0.4, -0.2) is 0 Å². The minimum atomic E-state index is -0.155. The van der Waals surface area contributed by atoms with Crippen LogP contribution in [0.3, 0.4) is 0 Å². The Morgan fingerprint density at radius 1 is 0.375 bits per heavy atom. The summed E-state index contributed by atoms with van der Waals surface area (Å²) in [6.45, 7) is 9.47. The van der Waals surface area contributed by atoms with Crippen molar-refractivity contribution in [3.63, 3.8) is 0 Å². The van der Waals surface area contributed by atoms with E-state index in [1.165, 1.54) is 55.6 Å². The normalized spacial score (nSPS) is 14.4. The molecule has 0 N–H and O–H groups in total. The van der Waals surface area contributed by atoms with Gasteiger partial charge in [-0.05, 0) is 98.1 Å². The molecule has 0 amide bonds. The highest BCUT2D eigenvalue weighted by Crippen LogP contribution is 2.55. The quantitative estimate of drug-likeness (QED) is 0.176. The Morgan fingerprint density at radius 2 is 0.929 bits per heavy atom. The maximum atomic E-state index is 6.49. The first kappa shape index (κ1) is 32.8. The van der Waals surface area contributed by atoms with Crippen LogP contribution in [0.4, 0.5) is 17.1 Å². The van der Waals surface area contributed by atoms with Crippen LogP contribution in [-0.2, 0) is 10.8 Å². The summed E-state index contributed by atoms with van der Waals surface area (Å²) in [7, 11) is 0. The summed E-state index contributed by atoms with van der Waals surface area (Å²) in [5, 5.41) is 2.28. The predicted octanol–water partition coefficient (Wildman–Crippen LogP) is 15.0. The Kier molecular flexibility index (Phi) is 6.98. The molecule has 0 atom stereocenters. The van der Waals surface area contributed by atoms with E-state index in [0.29, 0.717) is 0 Å². The SMILES string of the molecule is CC1(C)c2ccccc2-c2ccc(N(c3ccc(-c4cccc5c4oc4ccccc45)cc3)c3cc4c(cc3-c3ccccc3)-c3ccccc3C4(C)C)cc21. The molecule has 56 heavy (non-hydrogen) atoms. The number of furan rings is 1. The van der Waals surface area contributed by atoms with Crippen LogP contribution in [0.5, 0.6) is 0 Å². The Morgan fingerprint density at radius 3 is 1.68 bits per heavy atom. The minimum absolute atomic E-state index is 0.132. The molecule has 2 aliphatic carbocycles. The standard InChI is InChI=1S/C54H41NO/c1-53(2)46-22-11-8-17-39(46)41-30-29-37(31-48(41)53)55(36-27-25-35(26-28-36)38-20-14-21-43-42-19-10-13-24-51(42)56-52(38)43)50-33-49-45(32-44(50)34-15-6-5-7-16-34)40-18-9-12-23-47(40)54(49,3)4/h5-33H,1-4H3. The summed E-state index contributed by atoms with van der Waals surface area (Å²) in [5.74, 6) is 0. The number of rotatable bonds is 5. The maximum absolute atomic E-state index is 6.49. The highest BCUT2D eigenvalue weighted by atomic mass is 16.3. The average Bonchev–Trinajstić information content (AvgIpc) is 3.81. The maximum Gasteiger partial charge on any atom is 0.143 e. The van der Waals surface area contributed by atoms with Gasteiger partial charge in [0.05, 0.1) is 5.69 Å². The predicted molar refractivity (Wildman–Crippen MR) is 234 cm³/mol. The molecule has 0 bridgehead atoms. The van der Waals surface area contributed by atoms with Gasteiger partial charge in [0.1, 0.15) is 11.2 Å². The number of hydrogen-bond acceptors (Lipinski definition) is 2. The van der Waals surface area contributed by atoms with Gasteiger partial charge < -0.3 is 9.32 Å². The van der Waals surface area contributed by atoms with Crippen LogP contribution in [0.15, 0.2) is 180 Å². The molecule has 0 spiro atoms. The van der Waals surface area contributed by atoms with Gasteiger partial charge in [0, 0.05) is 44.1 Å². The van der Waals surface area contributed by atoms with E-state index >= 15 is 0 Å². The molecular formula is C54H41NO. The second-order valence-electron chi connectivity index (χ2n) is 16.5. The van der Waals surface area contributed by atoms with E-state index in [0.717, 1.165) is 50.1 Å². The molecule has 11 rings (SSSR count). The summed E-state index contributed by atoms with van der Waals surface area (Å²) >= 11 is 0. The Labute approximate surface area is 328 Å². The largest absolute Gasteiger partial charge is 0.455 e. The second kappa shape index (κ2) is 11.9. The van der Waals surface area contributed by atoms with Crippen LogP contribution in [0, 0.1) is 0 Å².